The highest BCUT2D eigenvalue weighted by Gasteiger charge is 2.30. The van der Waals surface area contributed by atoms with Gasteiger partial charge in [-0.05, 0) is 32.6 Å². The Balaban J connectivity index is 1.75. The van der Waals surface area contributed by atoms with Crippen molar-refractivity contribution in [2.24, 2.45) is 0 Å². The Morgan fingerprint density at radius 3 is 3.16 bits per heavy atom. The molecule has 0 aromatic carbocycles. The molecular weight excluding hydrogens is 242 g/mol. The number of aliphatic hydroxyl groups is 1. The lowest BCUT2D eigenvalue weighted by atomic mass is 9.92. The Bertz CT molecular complexity index is 432. The van der Waals surface area contributed by atoms with Crippen molar-refractivity contribution in [3.8, 4) is 0 Å². The quantitative estimate of drug-likeness (QED) is 0.853. The fraction of sp³-hybridized carbons (Fsp3) is 0.786. The normalized spacial score (nSPS) is 30.5. The molecule has 0 saturated carbocycles. The van der Waals surface area contributed by atoms with Crippen LogP contribution in [0.15, 0.2) is 6.20 Å². The largest absolute Gasteiger partial charge is 0.394 e. The molecule has 2 heterocycles. The highest BCUT2D eigenvalue weighted by molar-refractivity contribution is 5.25. The molecule has 2 N–H and O–H groups in total. The van der Waals surface area contributed by atoms with Crippen LogP contribution in [0.3, 0.4) is 0 Å². The lowest BCUT2D eigenvalue weighted by molar-refractivity contribution is 0.110. The second-order valence-electron chi connectivity index (χ2n) is 5.58. The van der Waals surface area contributed by atoms with Gasteiger partial charge in [-0.1, -0.05) is 0 Å². The summed E-state index contributed by atoms with van der Waals surface area (Å²) >= 11 is 0. The van der Waals surface area contributed by atoms with Crippen molar-refractivity contribution in [1.82, 2.24) is 15.1 Å². The van der Waals surface area contributed by atoms with Crippen molar-refractivity contribution in [3.63, 3.8) is 0 Å². The number of ether oxygens (including phenoxy) is 1. The first-order chi connectivity index (χ1) is 9.29. The van der Waals surface area contributed by atoms with Gasteiger partial charge < -0.3 is 15.2 Å². The molecule has 0 bridgehead atoms. The van der Waals surface area contributed by atoms with Crippen LogP contribution in [-0.4, -0.2) is 40.2 Å². The predicted octanol–water partition coefficient (Wildman–Crippen LogP) is 1.02. The molecule has 106 valence electrons. The number of rotatable bonds is 4. The minimum absolute atomic E-state index is 0.152. The van der Waals surface area contributed by atoms with E-state index in [0.29, 0.717) is 24.7 Å². The zero-order valence-corrected chi connectivity index (χ0v) is 11.5. The second-order valence-corrected chi connectivity index (χ2v) is 5.58. The molecule has 0 spiro atoms. The Kier molecular flexibility index (Phi) is 3.86. The van der Waals surface area contributed by atoms with Gasteiger partial charge in [0.15, 0.2) is 0 Å². The molecule has 0 radical (unpaired) electrons. The lowest BCUT2D eigenvalue weighted by Crippen LogP contribution is -2.38. The minimum atomic E-state index is 0.152. The number of nitrogens with one attached hydrogen (secondary N) is 1. The Morgan fingerprint density at radius 2 is 2.42 bits per heavy atom. The molecule has 2 aliphatic rings. The van der Waals surface area contributed by atoms with Crippen molar-refractivity contribution in [3.05, 3.63) is 17.5 Å². The fourth-order valence-corrected chi connectivity index (χ4v) is 3.29. The van der Waals surface area contributed by atoms with Crippen molar-refractivity contribution in [1.29, 1.82) is 0 Å². The SMILES string of the molecule is CC1OCCC1NC1CCCc2c1cnn2CCO. The number of aliphatic hydroxyl groups excluding tert-OH is 1. The first-order valence-corrected chi connectivity index (χ1v) is 7.32. The van der Waals surface area contributed by atoms with Gasteiger partial charge in [-0.2, -0.15) is 5.10 Å². The summed E-state index contributed by atoms with van der Waals surface area (Å²) in [7, 11) is 0. The van der Waals surface area contributed by atoms with E-state index in [2.05, 4.69) is 17.3 Å². The summed E-state index contributed by atoms with van der Waals surface area (Å²) in [5.74, 6) is 0. The average Bonchev–Trinajstić information content (AvgIpc) is 2.99. The summed E-state index contributed by atoms with van der Waals surface area (Å²) in [5.41, 5.74) is 2.61. The summed E-state index contributed by atoms with van der Waals surface area (Å²) in [6.45, 7) is 3.76. The monoisotopic (exact) mass is 265 g/mol. The molecule has 1 aromatic heterocycles. The van der Waals surface area contributed by atoms with Crippen molar-refractivity contribution in [2.75, 3.05) is 13.2 Å². The van der Waals surface area contributed by atoms with E-state index in [1.54, 1.807) is 0 Å². The molecule has 3 atom stereocenters. The smallest absolute Gasteiger partial charge is 0.0700 e. The molecule has 1 aromatic rings. The molecular formula is C14H23N3O2. The zero-order chi connectivity index (χ0) is 13.2. The van der Waals surface area contributed by atoms with Crippen LogP contribution >= 0.6 is 0 Å². The van der Waals surface area contributed by atoms with Gasteiger partial charge in [-0.3, -0.25) is 4.68 Å². The van der Waals surface area contributed by atoms with E-state index in [-0.39, 0.29) is 6.61 Å². The third kappa shape index (κ3) is 2.55. The van der Waals surface area contributed by atoms with Gasteiger partial charge in [0.05, 0.1) is 25.5 Å². The van der Waals surface area contributed by atoms with Gasteiger partial charge in [0.25, 0.3) is 0 Å². The molecule has 0 amide bonds. The third-order valence-electron chi connectivity index (χ3n) is 4.37. The fourth-order valence-electron chi connectivity index (χ4n) is 3.29. The summed E-state index contributed by atoms with van der Waals surface area (Å²) < 4.78 is 7.58. The Labute approximate surface area is 113 Å². The first kappa shape index (κ1) is 13.1. The van der Waals surface area contributed by atoms with Crippen LogP contribution in [-0.2, 0) is 17.7 Å². The number of aromatic nitrogens is 2. The maximum atomic E-state index is 9.08. The standard InChI is InChI=1S/C14H23N3O2/c1-10-12(5-8-19-10)16-13-3-2-4-14-11(13)9-15-17(14)6-7-18/h9-10,12-13,16,18H,2-8H2,1H3. The first-order valence-electron chi connectivity index (χ1n) is 7.32. The minimum Gasteiger partial charge on any atom is -0.394 e. The summed E-state index contributed by atoms with van der Waals surface area (Å²) in [4.78, 5) is 0. The van der Waals surface area contributed by atoms with E-state index in [1.807, 2.05) is 10.9 Å². The maximum absolute atomic E-state index is 9.08. The van der Waals surface area contributed by atoms with Crippen molar-refractivity contribution < 1.29 is 9.84 Å². The van der Waals surface area contributed by atoms with Crippen LogP contribution in [0.4, 0.5) is 0 Å². The van der Waals surface area contributed by atoms with E-state index >= 15 is 0 Å². The Morgan fingerprint density at radius 1 is 1.53 bits per heavy atom. The van der Waals surface area contributed by atoms with Crippen molar-refractivity contribution in [2.45, 2.75) is 57.3 Å². The van der Waals surface area contributed by atoms with E-state index in [4.69, 9.17) is 9.84 Å². The topological polar surface area (TPSA) is 59.3 Å². The number of nitrogens with zero attached hydrogens (tertiary/aromatic N) is 2. The molecule has 3 rings (SSSR count). The van der Waals surface area contributed by atoms with E-state index in [9.17, 15) is 0 Å². The molecule has 19 heavy (non-hydrogen) atoms. The predicted molar refractivity (Wildman–Crippen MR) is 71.9 cm³/mol. The summed E-state index contributed by atoms with van der Waals surface area (Å²) in [5, 5.41) is 17.2. The van der Waals surface area contributed by atoms with Gasteiger partial charge in [0.2, 0.25) is 0 Å². The van der Waals surface area contributed by atoms with Gasteiger partial charge in [-0.15, -0.1) is 0 Å². The summed E-state index contributed by atoms with van der Waals surface area (Å²) in [6, 6.07) is 0.850. The zero-order valence-electron chi connectivity index (χ0n) is 11.5. The van der Waals surface area contributed by atoms with Crippen LogP contribution < -0.4 is 5.32 Å². The highest BCUT2D eigenvalue weighted by atomic mass is 16.5. The molecule has 1 aliphatic carbocycles. The van der Waals surface area contributed by atoms with Crippen LogP contribution in [0, 0.1) is 0 Å². The van der Waals surface area contributed by atoms with Gasteiger partial charge in [0.1, 0.15) is 0 Å². The van der Waals surface area contributed by atoms with Crippen LogP contribution in [0.2, 0.25) is 0 Å². The van der Waals surface area contributed by atoms with Crippen LogP contribution in [0.1, 0.15) is 43.5 Å². The Hall–Kier alpha value is -0.910. The number of hydrogen-bond acceptors (Lipinski definition) is 4. The van der Waals surface area contributed by atoms with Gasteiger partial charge >= 0.3 is 0 Å². The molecule has 3 unspecified atom stereocenters. The molecule has 1 aliphatic heterocycles. The highest BCUT2D eigenvalue weighted by Crippen LogP contribution is 2.31. The van der Waals surface area contributed by atoms with Crippen LogP contribution in [0.5, 0.6) is 0 Å². The molecule has 1 saturated heterocycles. The lowest BCUT2D eigenvalue weighted by Gasteiger charge is -2.28. The third-order valence-corrected chi connectivity index (χ3v) is 4.37. The van der Waals surface area contributed by atoms with Gasteiger partial charge in [0, 0.05) is 29.9 Å². The van der Waals surface area contributed by atoms with E-state index < -0.39 is 0 Å². The van der Waals surface area contributed by atoms with Crippen LogP contribution in [0.25, 0.3) is 0 Å². The average molecular weight is 265 g/mol. The second kappa shape index (κ2) is 5.61. The molecule has 5 heteroatoms. The maximum Gasteiger partial charge on any atom is 0.0700 e. The van der Waals surface area contributed by atoms with Gasteiger partial charge in [-0.25, -0.2) is 0 Å². The van der Waals surface area contributed by atoms with E-state index in [0.717, 1.165) is 19.4 Å². The van der Waals surface area contributed by atoms with Crippen molar-refractivity contribution >= 4 is 0 Å². The van der Waals surface area contributed by atoms with E-state index in [1.165, 1.54) is 24.1 Å². The number of hydrogen-bond donors (Lipinski definition) is 2. The molecule has 1 fully saturated rings. The molecule has 5 nitrogen and oxygen atoms in total. The number of fused-ring (bicyclic) bond motifs is 1. The summed E-state index contributed by atoms with van der Waals surface area (Å²) in [6.07, 6.45) is 6.80.